The van der Waals surface area contributed by atoms with E-state index in [-0.39, 0.29) is 16.3 Å². The smallest absolute Gasteiger partial charge is 0.425 e. The van der Waals surface area contributed by atoms with Gasteiger partial charge in [-0.1, -0.05) is 11.6 Å². The van der Waals surface area contributed by atoms with Gasteiger partial charge in [0, 0.05) is 30.2 Å². The van der Waals surface area contributed by atoms with Gasteiger partial charge in [0.15, 0.2) is 23.5 Å². The number of benzene rings is 1. The fourth-order valence-corrected chi connectivity index (χ4v) is 3.68. The van der Waals surface area contributed by atoms with E-state index in [9.17, 15) is 35.5 Å². The Labute approximate surface area is 187 Å². The van der Waals surface area contributed by atoms with Crippen molar-refractivity contribution in [3.05, 3.63) is 63.4 Å². The highest BCUT2D eigenvalue weighted by Gasteiger charge is 2.50. The molecule has 33 heavy (non-hydrogen) atoms. The molecule has 0 amide bonds. The lowest BCUT2D eigenvalue weighted by molar-refractivity contribution is -0.208. The summed E-state index contributed by atoms with van der Waals surface area (Å²) in [6.45, 7) is 1.12. The minimum Gasteiger partial charge on any atom is -0.452 e. The van der Waals surface area contributed by atoms with Gasteiger partial charge in [0.1, 0.15) is 5.69 Å². The first-order valence-electron chi connectivity index (χ1n) is 9.25. The predicted molar refractivity (Wildman–Crippen MR) is 103 cm³/mol. The second-order valence-electron chi connectivity index (χ2n) is 7.52. The Kier molecular flexibility index (Phi) is 6.60. The van der Waals surface area contributed by atoms with E-state index in [0.29, 0.717) is 6.07 Å². The molecular weight excluding hydrogens is 483 g/mol. The van der Waals surface area contributed by atoms with Crippen LogP contribution in [0.5, 0.6) is 0 Å². The number of aliphatic imine (C=N–C) groups is 1. The largest absolute Gasteiger partial charge is 0.452 e. The fourth-order valence-electron chi connectivity index (χ4n) is 3.40. The van der Waals surface area contributed by atoms with E-state index in [1.807, 2.05) is 0 Å². The molecule has 178 valence electrons. The van der Waals surface area contributed by atoms with Crippen LogP contribution in [-0.2, 0) is 16.7 Å². The molecule has 2 N–H and O–H groups in total. The summed E-state index contributed by atoms with van der Waals surface area (Å²) in [6, 6.07) is 1.64. The van der Waals surface area contributed by atoms with Crippen molar-refractivity contribution in [1.29, 1.82) is 0 Å². The van der Waals surface area contributed by atoms with Crippen LogP contribution in [0.15, 0.2) is 29.4 Å². The number of ketones is 1. The molecule has 13 heteroatoms. The lowest BCUT2D eigenvalue weighted by Crippen LogP contribution is -2.46. The van der Waals surface area contributed by atoms with Gasteiger partial charge in [0.05, 0.1) is 10.6 Å². The van der Waals surface area contributed by atoms with Crippen LogP contribution in [-0.4, -0.2) is 29.1 Å². The molecule has 5 nitrogen and oxygen atoms in total. The van der Waals surface area contributed by atoms with Gasteiger partial charge >= 0.3 is 6.18 Å². The third-order valence-corrected chi connectivity index (χ3v) is 5.27. The molecule has 0 aliphatic carbocycles. The molecule has 2 atom stereocenters. The van der Waals surface area contributed by atoms with Crippen LogP contribution >= 0.6 is 11.6 Å². The molecule has 3 rings (SSSR count). The van der Waals surface area contributed by atoms with Gasteiger partial charge in [-0.25, -0.2) is 22.6 Å². The number of hydrogen-bond donors (Lipinski definition) is 1. The normalized spacial score (nSPS) is 21.0. The van der Waals surface area contributed by atoms with Crippen molar-refractivity contribution in [3.63, 3.8) is 0 Å². The number of carbonyl (C=O) groups is 1. The lowest BCUT2D eigenvalue weighted by Gasteiger charge is -2.36. The van der Waals surface area contributed by atoms with Crippen molar-refractivity contribution in [2.45, 2.75) is 44.0 Å². The van der Waals surface area contributed by atoms with E-state index < -0.39 is 71.7 Å². The first-order chi connectivity index (χ1) is 15.2. The summed E-state index contributed by atoms with van der Waals surface area (Å²) in [5.41, 5.74) is 1.79. The number of nitrogens with zero attached hydrogens (tertiary/aromatic N) is 2. The van der Waals surface area contributed by atoms with E-state index in [4.69, 9.17) is 17.3 Å². The van der Waals surface area contributed by atoms with Crippen molar-refractivity contribution in [1.82, 2.24) is 4.98 Å². The summed E-state index contributed by atoms with van der Waals surface area (Å²) < 4.78 is 98.5. The third-order valence-electron chi connectivity index (χ3n) is 4.98. The number of pyridine rings is 1. The molecule has 0 fully saturated rings. The zero-order valence-electron chi connectivity index (χ0n) is 16.7. The Balaban J connectivity index is 1.97. The highest BCUT2D eigenvalue weighted by molar-refractivity contribution is 6.33. The highest BCUT2D eigenvalue weighted by atomic mass is 35.5. The molecular formula is C20H15ClF7N3O2. The summed E-state index contributed by atoms with van der Waals surface area (Å²) in [5, 5.41) is -0.373. The van der Waals surface area contributed by atoms with E-state index >= 15 is 0 Å². The molecule has 0 radical (unpaired) electrons. The molecule has 0 saturated heterocycles. The van der Waals surface area contributed by atoms with Gasteiger partial charge < -0.3 is 10.5 Å². The van der Waals surface area contributed by atoms with Crippen LogP contribution in [0.1, 0.15) is 46.9 Å². The van der Waals surface area contributed by atoms with Gasteiger partial charge in [-0.3, -0.25) is 9.78 Å². The SMILES string of the molecule is C[C@@]1(c2cc(CC(=O)c3ncc(C(F)F)cc3Cl)cc(F)c2F)C[C@@H](C(F)(F)F)OC(N)=N1. The molecule has 1 aromatic heterocycles. The molecule has 0 spiro atoms. The molecule has 1 aromatic carbocycles. The Bertz CT molecular complexity index is 1120. The summed E-state index contributed by atoms with van der Waals surface area (Å²) >= 11 is 5.84. The Morgan fingerprint density at radius 3 is 2.55 bits per heavy atom. The molecule has 0 unspecified atom stereocenters. The number of halogens is 8. The second kappa shape index (κ2) is 8.81. The summed E-state index contributed by atoms with van der Waals surface area (Å²) in [6.07, 6.45) is -10.9. The van der Waals surface area contributed by atoms with E-state index in [1.54, 1.807) is 0 Å². The van der Waals surface area contributed by atoms with Gasteiger partial charge in [0.25, 0.3) is 12.4 Å². The van der Waals surface area contributed by atoms with E-state index in [2.05, 4.69) is 14.7 Å². The van der Waals surface area contributed by atoms with Gasteiger partial charge in [-0.05, 0) is 30.7 Å². The zero-order valence-corrected chi connectivity index (χ0v) is 17.4. The topological polar surface area (TPSA) is 77.6 Å². The van der Waals surface area contributed by atoms with Crippen LogP contribution in [0.3, 0.4) is 0 Å². The van der Waals surface area contributed by atoms with E-state index in [0.717, 1.165) is 25.3 Å². The minimum absolute atomic E-state index is 0.130. The maximum atomic E-state index is 14.6. The first-order valence-corrected chi connectivity index (χ1v) is 9.63. The van der Waals surface area contributed by atoms with Gasteiger partial charge in [0.2, 0.25) is 0 Å². The molecule has 0 bridgehead atoms. The average molecular weight is 498 g/mol. The quantitative estimate of drug-likeness (QED) is 0.452. The molecule has 2 aromatic rings. The highest BCUT2D eigenvalue weighted by Crippen LogP contribution is 2.41. The first kappa shape index (κ1) is 24.7. The Hall–Kier alpha value is -2.89. The Morgan fingerprint density at radius 2 is 1.97 bits per heavy atom. The van der Waals surface area contributed by atoms with Crippen LogP contribution < -0.4 is 5.73 Å². The van der Waals surface area contributed by atoms with E-state index in [1.165, 1.54) is 0 Å². The van der Waals surface area contributed by atoms with Crippen molar-refractivity contribution >= 4 is 23.4 Å². The Morgan fingerprint density at radius 1 is 1.30 bits per heavy atom. The van der Waals surface area contributed by atoms with Crippen LogP contribution in [0.2, 0.25) is 5.02 Å². The number of Topliss-reactive ketones (excluding diaryl/α,β-unsaturated/α-hetero) is 1. The summed E-state index contributed by atoms with van der Waals surface area (Å²) in [4.78, 5) is 19.9. The number of hydrogen-bond acceptors (Lipinski definition) is 5. The number of alkyl halides is 5. The van der Waals surface area contributed by atoms with Crippen molar-refractivity contribution < 1.29 is 40.3 Å². The standard InChI is InChI=1S/C20H15ClF7N3O2/c1-19(6-14(20(26,27)28)33-18(29)31-19)10-2-8(3-12(22)15(10)23)4-13(32)16-11(21)5-9(7-30-16)17(24)25/h2-3,5,7,14,17H,4,6H2,1H3,(H2,29,31)/t14-,19-/m0/s1. The molecule has 1 aliphatic rings. The zero-order chi connectivity index (χ0) is 24.7. The minimum atomic E-state index is -4.85. The number of aromatic nitrogens is 1. The monoisotopic (exact) mass is 497 g/mol. The second-order valence-corrected chi connectivity index (χ2v) is 7.92. The third kappa shape index (κ3) is 5.21. The summed E-state index contributed by atoms with van der Waals surface area (Å²) in [5.74, 6) is -3.72. The summed E-state index contributed by atoms with van der Waals surface area (Å²) in [7, 11) is 0. The number of ether oxygens (including phenoxy) is 1. The van der Waals surface area contributed by atoms with Crippen molar-refractivity contribution in [3.8, 4) is 0 Å². The molecule has 0 saturated carbocycles. The molecule has 1 aliphatic heterocycles. The lowest BCUT2D eigenvalue weighted by atomic mass is 9.84. The number of nitrogens with two attached hydrogens (primary N) is 1. The maximum Gasteiger partial charge on any atom is 0.425 e. The van der Waals surface area contributed by atoms with Gasteiger partial charge in [-0.15, -0.1) is 0 Å². The number of amidine groups is 1. The van der Waals surface area contributed by atoms with Crippen LogP contribution in [0.4, 0.5) is 30.7 Å². The maximum absolute atomic E-state index is 14.6. The van der Waals surface area contributed by atoms with Gasteiger partial charge in [-0.2, -0.15) is 13.2 Å². The molecule has 2 heterocycles. The van der Waals surface area contributed by atoms with Crippen molar-refractivity contribution in [2.75, 3.05) is 0 Å². The number of rotatable bonds is 5. The van der Waals surface area contributed by atoms with Crippen LogP contribution in [0.25, 0.3) is 0 Å². The predicted octanol–water partition coefficient (Wildman–Crippen LogP) is 5.26. The van der Waals surface area contributed by atoms with Crippen molar-refractivity contribution in [2.24, 2.45) is 10.7 Å². The van der Waals surface area contributed by atoms with Crippen LogP contribution in [0, 0.1) is 11.6 Å². The number of carbonyl (C=O) groups excluding carboxylic acids is 1. The fraction of sp³-hybridized carbons (Fsp3) is 0.350. The average Bonchev–Trinajstić information content (AvgIpc) is 2.68.